The number of hydrogen-bond donors (Lipinski definition) is 0. The summed E-state index contributed by atoms with van der Waals surface area (Å²) in [6.45, 7) is 2.39. The minimum Gasteiger partial charge on any atom is -0.453 e. The molecule has 0 aliphatic rings. The number of rotatable bonds is 4. The maximum atomic E-state index is 11.2. The van der Waals surface area contributed by atoms with Crippen molar-refractivity contribution in [3.8, 4) is 11.3 Å². The smallest absolute Gasteiger partial charge is 0.194 e. The largest absolute Gasteiger partial charge is 0.453 e. The van der Waals surface area contributed by atoms with Gasteiger partial charge in [-0.15, -0.1) is 0 Å². The summed E-state index contributed by atoms with van der Waals surface area (Å²) in [4.78, 5) is 13.3. The topological polar surface area (TPSA) is 33.5 Å². The van der Waals surface area contributed by atoms with Crippen LogP contribution >= 0.6 is 0 Å². The Labute approximate surface area is 107 Å². The lowest BCUT2D eigenvalue weighted by molar-refractivity contribution is 0.0988. The van der Waals surface area contributed by atoms with Gasteiger partial charge in [0.15, 0.2) is 11.5 Å². The van der Waals surface area contributed by atoms with Gasteiger partial charge in [-0.25, -0.2) is 0 Å². The zero-order valence-electron chi connectivity index (χ0n) is 10.9. The zero-order valence-corrected chi connectivity index (χ0v) is 10.9. The summed E-state index contributed by atoms with van der Waals surface area (Å²) in [6, 6.07) is 11.7. The van der Waals surface area contributed by atoms with Gasteiger partial charge in [0.25, 0.3) is 0 Å². The first kappa shape index (κ1) is 12.6. The van der Waals surface area contributed by atoms with Crippen LogP contribution in [0.25, 0.3) is 11.3 Å². The van der Waals surface area contributed by atoms with Gasteiger partial charge < -0.3 is 9.32 Å². The normalized spacial score (nSPS) is 10.9. The number of hydrogen-bond acceptors (Lipinski definition) is 3. The molecule has 0 saturated heterocycles. The van der Waals surface area contributed by atoms with Crippen LogP contribution in [0.3, 0.4) is 0 Å². The van der Waals surface area contributed by atoms with Crippen molar-refractivity contribution in [2.45, 2.75) is 13.5 Å². The van der Waals surface area contributed by atoms with Gasteiger partial charge >= 0.3 is 0 Å². The van der Waals surface area contributed by atoms with Gasteiger partial charge in [0.05, 0.1) is 0 Å². The van der Waals surface area contributed by atoms with E-state index in [4.69, 9.17) is 4.42 Å². The molecule has 0 amide bonds. The lowest BCUT2D eigenvalue weighted by Gasteiger charge is -2.10. The molecule has 0 aliphatic heterocycles. The Balaban J connectivity index is 2.29. The molecule has 1 aromatic carbocycles. The molecule has 3 heteroatoms. The van der Waals surface area contributed by atoms with Crippen molar-refractivity contribution >= 4 is 5.78 Å². The second kappa shape index (κ2) is 5.19. The molecule has 1 heterocycles. The van der Waals surface area contributed by atoms with Gasteiger partial charge in [0.1, 0.15) is 5.76 Å². The Morgan fingerprint density at radius 1 is 1.22 bits per heavy atom. The van der Waals surface area contributed by atoms with E-state index in [1.54, 1.807) is 6.07 Å². The van der Waals surface area contributed by atoms with E-state index >= 15 is 0 Å². The minimum absolute atomic E-state index is 0.0503. The van der Waals surface area contributed by atoms with E-state index in [1.165, 1.54) is 12.5 Å². The summed E-state index contributed by atoms with van der Waals surface area (Å²) in [5, 5.41) is 0. The third-order valence-electron chi connectivity index (χ3n) is 2.66. The first-order valence-electron chi connectivity index (χ1n) is 5.91. The molecule has 0 atom stereocenters. The number of carbonyl (C=O) groups is 1. The summed E-state index contributed by atoms with van der Waals surface area (Å²) in [6.07, 6.45) is 0. The van der Waals surface area contributed by atoms with E-state index in [0.717, 1.165) is 17.9 Å². The standard InChI is InChI=1S/C15H17NO2/c1-11(17)14-7-8-15(18-14)13-6-4-5-12(9-13)10-16(2)3/h4-9H,10H2,1-3H3. The lowest BCUT2D eigenvalue weighted by atomic mass is 10.1. The van der Waals surface area contributed by atoms with Crippen LogP contribution in [0, 0.1) is 0 Å². The Bertz CT molecular complexity index is 555. The fraction of sp³-hybridized carbons (Fsp3) is 0.267. The molecule has 18 heavy (non-hydrogen) atoms. The first-order valence-corrected chi connectivity index (χ1v) is 5.91. The molecule has 1 aromatic heterocycles. The van der Waals surface area contributed by atoms with E-state index in [1.807, 2.05) is 32.3 Å². The Morgan fingerprint density at radius 3 is 2.61 bits per heavy atom. The second-order valence-electron chi connectivity index (χ2n) is 4.66. The van der Waals surface area contributed by atoms with Crippen molar-refractivity contribution in [3.63, 3.8) is 0 Å². The van der Waals surface area contributed by atoms with Crippen molar-refractivity contribution in [2.75, 3.05) is 14.1 Å². The molecule has 2 aromatic rings. The van der Waals surface area contributed by atoms with E-state index < -0.39 is 0 Å². The predicted molar refractivity (Wildman–Crippen MR) is 71.5 cm³/mol. The van der Waals surface area contributed by atoms with Crippen LogP contribution in [0.1, 0.15) is 23.0 Å². The number of Topliss-reactive ketones (excluding diaryl/α,β-unsaturated/α-hetero) is 1. The molecule has 0 bridgehead atoms. The van der Waals surface area contributed by atoms with Crippen molar-refractivity contribution in [1.82, 2.24) is 4.90 Å². The summed E-state index contributed by atoms with van der Waals surface area (Å²) >= 11 is 0. The van der Waals surface area contributed by atoms with Crippen LogP contribution in [0.4, 0.5) is 0 Å². The summed E-state index contributed by atoms with van der Waals surface area (Å²) in [5.74, 6) is 1.09. The Kier molecular flexibility index (Phi) is 3.63. The molecular weight excluding hydrogens is 226 g/mol. The predicted octanol–water partition coefficient (Wildman–Crippen LogP) is 3.21. The van der Waals surface area contributed by atoms with Crippen LogP contribution in [-0.2, 0) is 6.54 Å². The van der Waals surface area contributed by atoms with E-state index in [9.17, 15) is 4.79 Å². The molecule has 94 valence electrons. The van der Waals surface area contributed by atoms with E-state index in [2.05, 4.69) is 17.0 Å². The quantitative estimate of drug-likeness (QED) is 0.773. The SMILES string of the molecule is CC(=O)c1ccc(-c2cccc(CN(C)C)c2)o1. The van der Waals surface area contributed by atoms with Gasteiger partial charge in [-0.2, -0.15) is 0 Å². The van der Waals surface area contributed by atoms with Crippen LogP contribution < -0.4 is 0 Å². The maximum absolute atomic E-state index is 11.2. The van der Waals surface area contributed by atoms with Crippen molar-refractivity contribution in [1.29, 1.82) is 0 Å². The molecule has 2 rings (SSSR count). The Hall–Kier alpha value is -1.87. The van der Waals surface area contributed by atoms with Crippen LogP contribution in [0.2, 0.25) is 0 Å². The summed E-state index contributed by atoms with van der Waals surface area (Å²) < 4.78 is 5.53. The van der Waals surface area contributed by atoms with Gasteiger partial charge in [0.2, 0.25) is 0 Å². The van der Waals surface area contributed by atoms with Gasteiger partial charge in [0, 0.05) is 19.0 Å². The third kappa shape index (κ3) is 2.87. The molecule has 0 saturated carbocycles. The summed E-state index contributed by atoms with van der Waals surface area (Å²) in [5.41, 5.74) is 2.22. The molecule has 0 spiro atoms. The molecule has 0 unspecified atom stereocenters. The lowest BCUT2D eigenvalue weighted by Crippen LogP contribution is -2.10. The van der Waals surface area contributed by atoms with Crippen LogP contribution in [0.15, 0.2) is 40.8 Å². The number of ketones is 1. The minimum atomic E-state index is -0.0503. The fourth-order valence-corrected chi connectivity index (χ4v) is 1.87. The molecule has 3 nitrogen and oxygen atoms in total. The van der Waals surface area contributed by atoms with Crippen molar-refractivity contribution in [3.05, 3.63) is 47.7 Å². The highest BCUT2D eigenvalue weighted by Crippen LogP contribution is 2.23. The average molecular weight is 243 g/mol. The van der Waals surface area contributed by atoms with Crippen molar-refractivity contribution in [2.24, 2.45) is 0 Å². The van der Waals surface area contributed by atoms with Crippen LogP contribution in [-0.4, -0.2) is 24.8 Å². The zero-order chi connectivity index (χ0) is 13.1. The molecule has 0 fully saturated rings. The highest BCUT2D eigenvalue weighted by molar-refractivity contribution is 5.91. The number of nitrogens with zero attached hydrogens (tertiary/aromatic N) is 1. The van der Waals surface area contributed by atoms with Gasteiger partial charge in [-0.05, 0) is 37.9 Å². The molecule has 0 N–H and O–H groups in total. The average Bonchev–Trinajstić information content (AvgIpc) is 2.77. The second-order valence-corrected chi connectivity index (χ2v) is 4.66. The first-order chi connectivity index (χ1) is 8.56. The van der Waals surface area contributed by atoms with E-state index in [-0.39, 0.29) is 5.78 Å². The number of carbonyl (C=O) groups excluding carboxylic acids is 1. The number of furan rings is 1. The highest BCUT2D eigenvalue weighted by atomic mass is 16.3. The summed E-state index contributed by atoms with van der Waals surface area (Å²) in [7, 11) is 4.07. The van der Waals surface area contributed by atoms with Gasteiger partial charge in [-0.3, -0.25) is 4.79 Å². The van der Waals surface area contributed by atoms with Gasteiger partial charge in [-0.1, -0.05) is 18.2 Å². The molecular formula is C15H17NO2. The molecule has 0 aliphatic carbocycles. The highest BCUT2D eigenvalue weighted by Gasteiger charge is 2.08. The number of benzene rings is 1. The maximum Gasteiger partial charge on any atom is 0.194 e. The van der Waals surface area contributed by atoms with Crippen LogP contribution in [0.5, 0.6) is 0 Å². The fourth-order valence-electron chi connectivity index (χ4n) is 1.87. The van der Waals surface area contributed by atoms with E-state index in [0.29, 0.717) is 5.76 Å². The molecule has 0 radical (unpaired) electrons. The monoisotopic (exact) mass is 243 g/mol. The Morgan fingerprint density at radius 2 is 2.00 bits per heavy atom. The van der Waals surface area contributed by atoms with Crippen molar-refractivity contribution < 1.29 is 9.21 Å². The third-order valence-corrected chi connectivity index (χ3v) is 2.66.